The highest BCUT2D eigenvalue weighted by Gasteiger charge is 2.19. The van der Waals surface area contributed by atoms with E-state index in [-0.39, 0.29) is 0 Å². The van der Waals surface area contributed by atoms with Crippen LogP contribution < -0.4 is 5.32 Å². The summed E-state index contributed by atoms with van der Waals surface area (Å²) in [5.74, 6) is 1.86. The van der Waals surface area contributed by atoms with Crippen molar-refractivity contribution in [1.82, 2.24) is 15.1 Å². The van der Waals surface area contributed by atoms with Crippen molar-refractivity contribution in [3.63, 3.8) is 0 Å². The maximum Gasteiger partial charge on any atom is 0.0230 e. The normalized spacial score (nSPS) is 12.4. The van der Waals surface area contributed by atoms with Gasteiger partial charge in [-0.15, -0.1) is 0 Å². The van der Waals surface area contributed by atoms with Crippen molar-refractivity contribution >= 4 is 0 Å². The number of hydrogen-bond acceptors (Lipinski definition) is 3. The van der Waals surface area contributed by atoms with Crippen LogP contribution in [-0.2, 0) is 19.6 Å². The first kappa shape index (κ1) is 39.6. The number of rotatable bonds is 10. The molecule has 1 atom stereocenters. The lowest BCUT2D eigenvalue weighted by Crippen LogP contribution is -2.37. The van der Waals surface area contributed by atoms with E-state index in [0.29, 0.717) is 29.2 Å². The second-order valence-electron chi connectivity index (χ2n) is 15.1. The van der Waals surface area contributed by atoms with E-state index < -0.39 is 0 Å². The summed E-state index contributed by atoms with van der Waals surface area (Å²) in [6.07, 6.45) is 0. The zero-order valence-corrected chi connectivity index (χ0v) is 31.2. The molecule has 0 spiro atoms. The van der Waals surface area contributed by atoms with Crippen LogP contribution in [0.15, 0.2) is 66.7 Å². The van der Waals surface area contributed by atoms with Crippen LogP contribution in [0.2, 0.25) is 0 Å². The van der Waals surface area contributed by atoms with Crippen molar-refractivity contribution in [1.29, 1.82) is 0 Å². The Morgan fingerprint density at radius 2 is 1.05 bits per heavy atom. The predicted octanol–water partition coefficient (Wildman–Crippen LogP) is 10.4. The topological polar surface area (TPSA) is 18.5 Å². The number of nitrogens with zero attached hydrogens (tertiary/aromatic N) is 2. The van der Waals surface area contributed by atoms with Crippen molar-refractivity contribution in [2.75, 3.05) is 28.2 Å². The van der Waals surface area contributed by atoms with Gasteiger partial charge in [-0.1, -0.05) is 129 Å². The molecule has 0 fully saturated rings. The first-order valence-electron chi connectivity index (χ1n) is 16.7. The fourth-order valence-corrected chi connectivity index (χ4v) is 4.62. The molecule has 0 aliphatic heterocycles. The first-order valence-corrected chi connectivity index (χ1v) is 16.7. The molecule has 3 aromatic carbocycles. The summed E-state index contributed by atoms with van der Waals surface area (Å²) >= 11 is 0. The number of hydrogen-bond donors (Lipinski definition) is 1. The summed E-state index contributed by atoms with van der Waals surface area (Å²) < 4.78 is 0. The van der Waals surface area contributed by atoms with Gasteiger partial charge >= 0.3 is 0 Å². The second-order valence-corrected chi connectivity index (χ2v) is 15.1. The monoisotopic (exact) mass is 602 g/mol. The van der Waals surface area contributed by atoms with E-state index in [1.807, 2.05) is 0 Å². The highest BCUT2D eigenvalue weighted by atomic mass is 15.1. The van der Waals surface area contributed by atoms with Crippen molar-refractivity contribution in [3.8, 4) is 0 Å². The fraction of sp³-hybridized carbons (Fsp3) is 0.561. The molecule has 0 aliphatic rings. The molecule has 0 heterocycles. The van der Waals surface area contributed by atoms with Gasteiger partial charge in [0.15, 0.2) is 0 Å². The molecule has 0 radical (unpaired) electrons. The van der Waals surface area contributed by atoms with E-state index in [1.54, 1.807) is 0 Å². The Bertz CT molecular complexity index is 1210. The average molecular weight is 602 g/mol. The number of nitrogens with one attached hydrogen (secondary N) is 1. The first-order chi connectivity index (χ1) is 20.4. The summed E-state index contributed by atoms with van der Waals surface area (Å²) in [7, 11) is 8.42. The van der Waals surface area contributed by atoms with Gasteiger partial charge in [-0.2, -0.15) is 0 Å². The van der Waals surface area contributed by atoms with Gasteiger partial charge in [0.05, 0.1) is 0 Å². The maximum atomic E-state index is 3.60. The molecule has 3 nitrogen and oxygen atoms in total. The SMILES string of the molecule is CC(C)c1cccc(CN(C)C)c1.CC(C)c1cccc(CN[C@H](C)C(C)(C)C)c1.Cc1ccc(C(C)C)cc1CN(C)C. The third kappa shape index (κ3) is 15.5. The minimum atomic E-state index is 0.315. The zero-order valence-electron chi connectivity index (χ0n) is 31.2. The van der Waals surface area contributed by atoms with E-state index >= 15 is 0 Å². The number of aryl methyl sites for hydroxylation is 1. The van der Waals surface area contributed by atoms with Gasteiger partial charge in [-0.25, -0.2) is 0 Å². The smallest absolute Gasteiger partial charge is 0.0230 e. The summed E-state index contributed by atoms with van der Waals surface area (Å²) in [4.78, 5) is 4.41. The van der Waals surface area contributed by atoms with Crippen molar-refractivity contribution in [2.45, 2.75) is 120 Å². The van der Waals surface area contributed by atoms with Crippen molar-refractivity contribution in [3.05, 3.63) is 106 Å². The van der Waals surface area contributed by atoms with E-state index in [9.17, 15) is 0 Å². The summed E-state index contributed by atoms with van der Waals surface area (Å²) in [5, 5.41) is 3.60. The molecule has 1 N–H and O–H groups in total. The highest BCUT2D eigenvalue weighted by molar-refractivity contribution is 5.32. The minimum Gasteiger partial charge on any atom is -0.310 e. The Labute approximate surface area is 273 Å². The van der Waals surface area contributed by atoms with Gasteiger partial charge in [-0.05, 0) is 104 Å². The van der Waals surface area contributed by atoms with Crippen LogP contribution >= 0.6 is 0 Å². The molecule has 246 valence electrons. The van der Waals surface area contributed by atoms with Crippen LogP contribution in [0.1, 0.15) is 126 Å². The average Bonchev–Trinajstić information content (AvgIpc) is 2.92. The number of benzene rings is 3. The Morgan fingerprint density at radius 1 is 0.591 bits per heavy atom. The Hall–Kier alpha value is -2.46. The van der Waals surface area contributed by atoms with Gasteiger partial charge in [0.25, 0.3) is 0 Å². The van der Waals surface area contributed by atoms with E-state index in [4.69, 9.17) is 0 Å². The lowest BCUT2D eigenvalue weighted by Gasteiger charge is -2.28. The Balaban J connectivity index is 0.000000333. The highest BCUT2D eigenvalue weighted by Crippen LogP contribution is 2.21. The third-order valence-electron chi connectivity index (χ3n) is 8.17. The largest absolute Gasteiger partial charge is 0.310 e. The molecule has 0 saturated carbocycles. The van der Waals surface area contributed by atoms with Gasteiger partial charge in [0.1, 0.15) is 0 Å². The van der Waals surface area contributed by atoms with Crippen molar-refractivity contribution in [2.24, 2.45) is 5.41 Å². The van der Waals surface area contributed by atoms with Crippen LogP contribution in [-0.4, -0.2) is 44.0 Å². The quantitative estimate of drug-likeness (QED) is 0.249. The van der Waals surface area contributed by atoms with Crippen LogP contribution in [0, 0.1) is 12.3 Å². The molecule has 0 unspecified atom stereocenters. The van der Waals surface area contributed by atoms with Gasteiger partial charge < -0.3 is 15.1 Å². The van der Waals surface area contributed by atoms with Crippen molar-refractivity contribution < 1.29 is 0 Å². The standard InChI is InChI=1S/C16H27N.C13H21N.C12H19N/c1-12(2)15-9-7-8-14(10-15)11-17-13(3)16(4,5)6;1-10(2)12-7-6-11(3)13(8-12)9-14(4)5;1-10(2)12-7-5-6-11(8-12)9-13(3)4/h7-10,12-13,17H,11H2,1-6H3;6-8,10H,9H2,1-5H3;5-8,10H,9H2,1-4H3/t13-;;/m1../s1. The van der Waals surface area contributed by atoms with Crippen LogP contribution in [0.5, 0.6) is 0 Å². The maximum absolute atomic E-state index is 3.60. The zero-order chi connectivity index (χ0) is 33.6. The van der Waals surface area contributed by atoms with Gasteiger partial charge in [0.2, 0.25) is 0 Å². The molecule has 0 aliphatic carbocycles. The molecule has 3 heteroatoms. The summed E-state index contributed by atoms with van der Waals surface area (Å²) in [6.45, 7) is 27.7. The minimum absolute atomic E-state index is 0.315. The molecule has 3 rings (SSSR count). The Morgan fingerprint density at radius 3 is 1.50 bits per heavy atom. The molecule has 3 aromatic rings. The molecule has 0 aromatic heterocycles. The Kier molecular flexibility index (Phi) is 17.2. The van der Waals surface area contributed by atoms with Crippen LogP contribution in [0.3, 0.4) is 0 Å². The van der Waals surface area contributed by atoms with Gasteiger partial charge in [-0.3, -0.25) is 0 Å². The molecular formula is C41H67N3. The van der Waals surface area contributed by atoms with Crippen LogP contribution in [0.4, 0.5) is 0 Å². The van der Waals surface area contributed by atoms with Crippen LogP contribution in [0.25, 0.3) is 0 Å². The third-order valence-corrected chi connectivity index (χ3v) is 8.17. The van der Waals surface area contributed by atoms with E-state index in [0.717, 1.165) is 19.6 Å². The van der Waals surface area contributed by atoms with E-state index in [1.165, 1.54) is 38.9 Å². The summed E-state index contributed by atoms with van der Waals surface area (Å²) in [6, 6.07) is 25.0. The lowest BCUT2D eigenvalue weighted by atomic mass is 9.88. The lowest BCUT2D eigenvalue weighted by molar-refractivity contribution is 0.285. The predicted molar refractivity (Wildman–Crippen MR) is 197 cm³/mol. The molecule has 0 amide bonds. The fourth-order valence-electron chi connectivity index (χ4n) is 4.62. The molecular weight excluding hydrogens is 534 g/mol. The van der Waals surface area contributed by atoms with Gasteiger partial charge in [0, 0.05) is 25.7 Å². The molecule has 44 heavy (non-hydrogen) atoms. The molecule has 0 bridgehead atoms. The molecule has 0 saturated heterocycles. The summed E-state index contributed by atoms with van der Waals surface area (Å²) in [5.41, 5.74) is 10.2. The second kappa shape index (κ2) is 19.1. The van der Waals surface area contributed by atoms with E-state index in [2.05, 4.69) is 186 Å².